The highest BCUT2D eigenvalue weighted by Crippen LogP contribution is 2.41. The zero-order valence-corrected chi connectivity index (χ0v) is 20.0. The normalized spacial score (nSPS) is 15.1. The minimum atomic E-state index is -0.636. The van der Waals surface area contributed by atoms with Crippen LogP contribution in [-0.4, -0.2) is 11.9 Å². The van der Waals surface area contributed by atoms with Gasteiger partial charge < -0.3 is 18.3 Å². The molecule has 0 radical (unpaired) electrons. The molecule has 4 aromatic heterocycles. The van der Waals surface area contributed by atoms with Crippen molar-refractivity contribution >= 4 is 34.3 Å². The van der Waals surface area contributed by atoms with E-state index < -0.39 is 23.6 Å². The molecule has 0 saturated heterocycles. The van der Waals surface area contributed by atoms with Crippen molar-refractivity contribution in [3.63, 3.8) is 0 Å². The average molecular weight is 451 g/mol. The molecule has 0 N–H and O–H groups in total. The summed E-state index contributed by atoms with van der Waals surface area (Å²) in [5, 5.41) is 0. The van der Waals surface area contributed by atoms with E-state index in [0.717, 1.165) is 27.9 Å². The number of hydrogen-bond acceptors (Lipinski definition) is 6. The number of hydrogen-bond donors (Lipinski definition) is 0. The van der Waals surface area contributed by atoms with Crippen LogP contribution in [0.5, 0.6) is 0 Å². The Kier molecular flexibility index (Phi) is 5.72. The summed E-state index contributed by atoms with van der Waals surface area (Å²) in [6, 6.07) is 9.51. The molecule has 0 aliphatic carbocycles. The van der Waals surface area contributed by atoms with E-state index in [1.54, 1.807) is 6.92 Å². The minimum absolute atomic E-state index is 0.0921. The number of rotatable bonds is 8. The summed E-state index contributed by atoms with van der Waals surface area (Å²) in [6.45, 7) is 14.7. The van der Waals surface area contributed by atoms with Crippen molar-refractivity contribution in [2.24, 2.45) is 11.3 Å². The second kappa shape index (κ2) is 8.25. The average Bonchev–Trinajstić information content (AvgIpc) is 3.51. The molecule has 4 bridgehead atoms. The van der Waals surface area contributed by atoms with Gasteiger partial charge in [-0.2, -0.15) is 0 Å². The van der Waals surface area contributed by atoms with E-state index in [-0.39, 0.29) is 11.9 Å². The van der Waals surface area contributed by atoms with Crippen LogP contribution in [0.4, 0.5) is 0 Å². The number of benzene rings is 2. The van der Waals surface area contributed by atoms with Crippen LogP contribution in [0.2, 0.25) is 0 Å². The van der Waals surface area contributed by atoms with Crippen LogP contribution in [0, 0.1) is 11.3 Å². The fraction of sp³-hybridized carbons (Fsp3) is 0.407. The molecule has 4 aromatic rings. The first kappa shape index (κ1) is 22.9. The van der Waals surface area contributed by atoms with Gasteiger partial charge in [-0.3, -0.25) is 4.79 Å². The van der Waals surface area contributed by atoms with Crippen molar-refractivity contribution in [1.82, 2.24) is 0 Å². The topological polar surface area (TPSA) is 78.9 Å². The first-order valence-corrected chi connectivity index (χ1v) is 11.2. The predicted octanol–water partition coefficient (Wildman–Crippen LogP) is 6.74. The summed E-state index contributed by atoms with van der Waals surface area (Å²) in [6.07, 6.45) is -0.425. The molecule has 4 rings (SSSR count). The number of carbonyl (C=O) groups is 2. The Morgan fingerprint density at radius 1 is 1.00 bits per heavy atom. The van der Waals surface area contributed by atoms with Gasteiger partial charge in [0.1, 0.15) is 34.5 Å². The van der Waals surface area contributed by atoms with Crippen LogP contribution in [-0.2, 0) is 25.5 Å². The Hall–Kier alpha value is -3.28. The molecule has 0 spiro atoms. The Morgan fingerprint density at radius 3 is 2.24 bits per heavy atom. The second-order valence-corrected chi connectivity index (χ2v) is 9.94. The van der Waals surface area contributed by atoms with Gasteiger partial charge in [0.25, 0.3) is 0 Å². The van der Waals surface area contributed by atoms with Gasteiger partial charge in [0, 0.05) is 28.2 Å². The van der Waals surface area contributed by atoms with E-state index >= 15 is 0 Å². The Balaban J connectivity index is 1.64. The molecule has 33 heavy (non-hydrogen) atoms. The lowest BCUT2D eigenvalue weighted by atomic mass is 9.88. The van der Waals surface area contributed by atoms with Gasteiger partial charge in [0.2, 0.25) is 0 Å². The highest BCUT2D eigenvalue weighted by atomic mass is 16.5. The molecular weight excluding hydrogens is 420 g/mol. The van der Waals surface area contributed by atoms with E-state index in [1.165, 1.54) is 0 Å². The van der Waals surface area contributed by atoms with Gasteiger partial charge >= 0.3 is 11.9 Å². The molecule has 0 aromatic carbocycles. The molecule has 4 heterocycles. The molecular formula is C27H30O6. The summed E-state index contributed by atoms with van der Waals surface area (Å²) in [5.74, 6) is -0.812. The Labute approximate surface area is 193 Å². The maximum absolute atomic E-state index is 12.8. The lowest BCUT2D eigenvalue weighted by molar-refractivity contribution is -0.161. The van der Waals surface area contributed by atoms with Crippen LogP contribution < -0.4 is 0 Å². The molecule has 3 atom stereocenters. The molecule has 174 valence electrons. The van der Waals surface area contributed by atoms with E-state index in [9.17, 15) is 9.59 Å². The smallest absolute Gasteiger partial charge is 0.333 e. The maximum Gasteiger partial charge on any atom is 0.333 e. The van der Waals surface area contributed by atoms with Crippen molar-refractivity contribution in [2.45, 2.75) is 60.2 Å². The van der Waals surface area contributed by atoms with Crippen molar-refractivity contribution in [3.8, 4) is 0 Å². The number of fused-ring (bicyclic) bond motifs is 4. The SMILES string of the molecule is C=C(C)C(=O)OC(C)c1c(CC(C)C(OC(=O)C(C)(C)C)c2cc3ccc2o3)c2ccc1o2. The third-order valence-electron chi connectivity index (χ3n) is 5.94. The Morgan fingerprint density at radius 2 is 1.67 bits per heavy atom. The van der Waals surface area contributed by atoms with Crippen LogP contribution >= 0.6 is 0 Å². The van der Waals surface area contributed by atoms with Crippen molar-refractivity contribution in [2.75, 3.05) is 0 Å². The molecule has 0 aliphatic rings. The first-order valence-electron chi connectivity index (χ1n) is 11.2. The van der Waals surface area contributed by atoms with Gasteiger partial charge in [0.05, 0.1) is 5.41 Å². The van der Waals surface area contributed by atoms with Crippen molar-refractivity contribution in [3.05, 3.63) is 59.2 Å². The number of furan rings is 4. The molecule has 0 saturated carbocycles. The van der Waals surface area contributed by atoms with Gasteiger partial charge in [-0.1, -0.05) is 13.5 Å². The number of carbonyl (C=O) groups excluding carboxylic acids is 2. The monoisotopic (exact) mass is 450 g/mol. The largest absolute Gasteiger partial charge is 0.457 e. The quantitative estimate of drug-likeness (QED) is 0.218. The van der Waals surface area contributed by atoms with Crippen LogP contribution in [0.3, 0.4) is 0 Å². The summed E-state index contributed by atoms with van der Waals surface area (Å²) >= 11 is 0. The van der Waals surface area contributed by atoms with Gasteiger partial charge in [0.15, 0.2) is 0 Å². The Bertz CT molecular complexity index is 1280. The van der Waals surface area contributed by atoms with Gasteiger partial charge in [-0.15, -0.1) is 0 Å². The summed E-state index contributed by atoms with van der Waals surface area (Å²) in [5.41, 5.74) is 5.26. The lowest BCUT2D eigenvalue weighted by Crippen LogP contribution is -2.28. The van der Waals surface area contributed by atoms with Gasteiger partial charge in [-0.05, 0) is 71.4 Å². The van der Waals surface area contributed by atoms with Crippen molar-refractivity contribution < 1.29 is 27.9 Å². The van der Waals surface area contributed by atoms with Crippen LogP contribution in [0.25, 0.3) is 22.3 Å². The molecule has 3 unspecified atom stereocenters. The van der Waals surface area contributed by atoms with Crippen molar-refractivity contribution in [1.29, 1.82) is 0 Å². The standard InChI is InChI=1S/C27H30O6/c1-14(2)25(28)30-16(4)23-18(20-10-11-22(23)32-20)12-15(3)24(33-26(29)27(5,6)7)19-13-17-8-9-21(19)31-17/h8-11,13,15-16,24H,1,12H2,2-7H3. The fourth-order valence-electron chi connectivity index (χ4n) is 4.14. The zero-order valence-electron chi connectivity index (χ0n) is 20.0. The summed E-state index contributed by atoms with van der Waals surface area (Å²) in [4.78, 5) is 24.9. The van der Waals surface area contributed by atoms with Crippen LogP contribution in [0.15, 0.2) is 51.3 Å². The predicted molar refractivity (Wildman–Crippen MR) is 125 cm³/mol. The van der Waals surface area contributed by atoms with E-state index in [1.807, 2.05) is 65.0 Å². The zero-order chi connectivity index (χ0) is 24.1. The minimum Gasteiger partial charge on any atom is -0.457 e. The van der Waals surface area contributed by atoms with Gasteiger partial charge in [-0.25, -0.2) is 4.79 Å². The number of ether oxygens (including phenoxy) is 2. The first-order chi connectivity index (χ1) is 15.5. The number of esters is 2. The molecule has 0 amide bonds. The highest BCUT2D eigenvalue weighted by Gasteiger charge is 2.34. The maximum atomic E-state index is 12.8. The van der Waals surface area contributed by atoms with E-state index in [2.05, 4.69) is 6.58 Å². The molecule has 0 aliphatic heterocycles. The highest BCUT2D eigenvalue weighted by molar-refractivity contribution is 5.87. The third-order valence-corrected chi connectivity index (χ3v) is 5.94. The lowest BCUT2D eigenvalue weighted by Gasteiger charge is -2.28. The second-order valence-electron chi connectivity index (χ2n) is 9.94. The summed E-state index contributed by atoms with van der Waals surface area (Å²) in [7, 11) is 0. The summed E-state index contributed by atoms with van der Waals surface area (Å²) < 4.78 is 23.3. The third kappa shape index (κ3) is 4.34. The van der Waals surface area contributed by atoms with E-state index in [0.29, 0.717) is 23.2 Å². The van der Waals surface area contributed by atoms with Crippen LogP contribution in [0.1, 0.15) is 70.4 Å². The molecule has 0 fully saturated rings. The van der Waals surface area contributed by atoms with E-state index in [4.69, 9.17) is 18.3 Å². The molecule has 6 nitrogen and oxygen atoms in total. The fourth-order valence-corrected chi connectivity index (χ4v) is 4.14. The molecule has 6 heteroatoms.